The summed E-state index contributed by atoms with van der Waals surface area (Å²) < 4.78 is 1.23. The summed E-state index contributed by atoms with van der Waals surface area (Å²) in [5.74, 6) is 0. The zero-order valence-corrected chi connectivity index (χ0v) is 14.0. The van der Waals surface area contributed by atoms with Crippen LogP contribution in [0.5, 0.6) is 0 Å². The molecular weight excluding hydrogens is 312 g/mol. The first-order valence-corrected chi connectivity index (χ1v) is 8.70. The fourth-order valence-corrected chi connectivity index (χ4v) is 4.44. The van der Waals surface area contributed by atoms with Crippen LogP contribution in [0.1, 0.15) is 44.1 Å². The molecule has 1 heterocycles. The average molecular weight is 337 g/mol. The maximum atomic E-state index is 3.71. The fraction of sp³-hybridized carbons (Fsp3) is 0.647. The SMILES string of the molecule is CNCc1ccc(N2CCC3(CCCC3)CC2)cc1Br. The van der Waals surface area contributed by atoms with E-state index in [1.807, 2.05) is 7.05 Å². The maximum absolute atomic E-state index is 3.71. The molecule has 1 spiro atoms. The van der Waals surface area contributed by atoms with Gasteiger partial charge in [-0.3, -0.25) is 0 Å². The Morgan fingerprint density at radius 3 is 2.45 bits per heavy atom. The van der Waals surface area contributed by atoms with Gasteiger partial charge in [0, 0.05) is 29.8 Å². The highest BCUT2D eigenvalue weighted by Crippen LogP contribution is 2.46. The molecule has 0 radical (unpaired) electrons. The van der Waals surface area contributed by atoms with Crippen molar-refractivity contribution in [2.45, 2.75) is 45.1 Å². The number of hydrogen-bond acceptors (Lipinski definition) is 2. The minimum Gasteiger partial charge on any atom is -0.371 e. The number of nitrogens with one attached hydrogen (secondary N) is 1. The van der Waals surface area contributed by atoms with Gasteiger partial charge in [-0.1, -0.05) is 34.8 Å². The smallest absolute Gasteiger partial charge is 0.0377 e. The number of rotatable bonds is 3. The van der Waals surface area contributed by atoms with Crippen molar-refractivity contribution in [2.75, 3.05) is 25.0 Å². The molecule has 1 saturated heterocycles. The average Bonchev–Trinajstić information content (AvgIpc) is 2.91. The lowest BCUT2D eigenvalue weighted by molar-refractivity contribution is 0.226. The number of piperidine rings is 1. The zero-order chi connectivity index (χ0) is 14.0. The molecule has 0 atom stereocenters. The van der Waals surface area contributed by atoms with Crippen LogP contribution in [-0.2, 0) is 6.54 Å². The molecule has 1 aliphatic carbocycles. The van der Waals surface area contributed by atoms with Crippen molar-refractivity contribution in [3.63, 3.8) is 0 Å². The highest BCUT2D eigenvalue weighted by atomic mass is 79.9. The third kappa shape index (κ3) is 2.89. The first-order chi connectivity index (χ1) is 9.72. The van der Waals surface area contributed by atoms with Crippen molar-refractivity contribution in [1.82, 2.24) is 5.32 Å². The Morgan fingerprint density at radius 2 is 1.85 bits per heavy atom. The highest BCUT2D eigenvalue weighted by Gasteiger charge is 2.36. The lowest BCUT2D eigenvalue weighted by atomic mass is 9.77. The molecule has 1 N–H and O–H groups in total. The molecule has 1 saturated carbocycles. The number of hydrogen-bond donors (Lipinski definition) is 1. The molecule has 20 heavy (non-hydrogen) atoms. The summed E-state index contributed by atoms with van der Waals surface area (Å²) >= 11 is 3.71. The van der Waals surface area contributed by atoms with Crippen LogP contribution in [-0.4, -0.2) is 20.1 Å². The van der Waals surface area contributed by atoms with Crippen LogP contribution < -0.4 is 10.2 Å². The van der Waals surface area contributed by atoms with Gasteiger partial charge in [0.25, 0.3) is 0 Å². The number of halogens is 1. The van der Waals surface area contributed by atoms with E-state index in [1.54, 1.807) is 0 Å². The molecular formula is C17H25BrN2. The van der Waals surface area contributed by atoms with Crippen molar-refractivity contribution in [1.29, 1.82) is 0 Å². The molecule has 2 nitrogen and oxygen atoms in total. The zero-order valence-electron chi connectivity index (χ0n) is 12.4. The Labute approximate surface area is 131 Å². The normalized spacial score (nSPS) is 21.6. The number of nitrogens with zero attached hydrogens (tertiary/aromatic N) is 1. The Balaban J connectivity index is 1.67. The van der Waals surface area contributed by atoms with Gasteiger partial charge in [-0.15, -0.1) is 0 Å². The van der Waals surface area contributed by atoms with Crippen LogP contribution in [0.2, 0.25) is 0 Å². The van der Waals surface area contributed by atoms with Gasteiger partial charge in [0.15, 0.2) is 0 Å². The van der Waals surface area contributed by atoms with Gasteiger partial charge in [0.1, 0.15) is 0 Å². The van der Waals surface area contributed by atoms with Gasteiger partial charge in [-0.25, -0.2) is 0 Å². The third-order valence-corrected chi connectivity index (χ3v) is 6.00. The fourth-order valence-electron chi connectivity index (χ4n) is 3.93. The lowest BCUT2D eigenvalue weighted by Gasteiger charge is -2.40. The lowest BCUT2D eigenvalue weighted by Crippen LogP contribution is -2.38. The van der Waals surface area contributed by atoms with E-state index in [0.717, 1.165) is 6.54 Å². The van der Waals surface area contributed by atoms with Crippen molar-refractivity contribution in [2.24, 2.45) is 5.41 Å². The monoisotopic (exact) mass is 336 g/mol. The van der Waals surface area contributed by atoms with Gasteiger partial charge in [0.05, 0.1) is 0 Å². The van der Waals surface area contributed by atoms with Gasteiger partial charge in [-0.2, -0.15) is 0 Å². The number of anilines is 1. The second-order valence-electron chi connectivity index (χ2n) is 6.50. The first-order valence-electron chi connectivity index (χ1n) is 7.90. The first kappa shape index (κ1) is 14.4. The van der Waals surface area contributed by atoms with Crippen molar-refractivity contribution < 1.29 is 0 Å². The van der Waals surface area contributed by atoms with Crippen molar-refractivity contribution in [3.05, 3.63) is 28.2 Å². The molecule has 0 amide bonds. The van der Waals surface area contributed by atoms with E-state index >= 15 is 0 Å². The summed E-state index contributed by atoms with van der Waals surface area (Å²) in [4.78, 5) is 2.57. The Kier molecular flexibility index (Phi) is 4.37. The second-order valence-corrected chi connectivity index (χ2v) is 7.35. The minimum atomic E-state index is 0.708. The molecule has 1 aromatic rings. The van der Waals surface area contributed by atoms with E-state index in [0.29, 0.717) is 5.41 Å². The molecule has 1 aromatic carbocycles. The van der Waals surface area contributed by atoms with Crippen LogP contribution in [0, 0.1) is 5.41 Å². The molecule has 0 unspecified atom stereocenters. The van der Waals surface area contributed by atoms with E-state index < -0.39 is 0 Å². The Bertz CT molecular complexity index is 456. The predicted octanol–water partition coefficient (Wildman–Crippen LogP) is 4.33. The Hall–Kier alpha value is -0.540. The van der Waals surface area contributed by atoms with Crippen molar-refractivity contribution >= 4 is 21.6 Å². The largest absolute Gasteiger partial charge is 0.371 e. The van der Waals surface area contributed by atoms with Crippen LogP contribution in [0.3, 0.4) is 0 Å². The molecule has 2 fully saturated rings. The molecule has 3 rings (SSSR count). The maximum Gasteiger partial charge on any atom is 0.0377 e. The van der Waals surface area contributed by atoms with Crippen molar-refractivity contribution in [3.8, 4) is 0 Å². The summed E-state index contributed by atoms with van der Waals surface area (Å²) in [6.45, 7) is 3.39. The summed E-state index contributed by atoms with van der Waals surface area (Å²) in [5, 5.41) is 3.21. The molecule has 0 bridgehead atoms. The van der Waals surface area contributed by atoms with E-state index in [1.165, 1.54) is 67.3 Å². The molecule has 2 aliphatic rings. The summed E-state index contributed by atoms with van der Waals surface area (Å²) in [6, 6.07) is 6.82. The summed E-state index contributed by atoms with van der Waals surface area (Å²) in [6.07, 6.45) is 8.66. The highest BCUT2D eigenvalue weighted by molar-refractivity contribution is 9.10. The summed E-state index contributed by atoms with van der Waals surface area (Å²) in [5.41, 5.74) is 3.42. The van der Waals surface area contributed by atoms with Crippen LogP contribution in [0.4, 0.5) is 5.69 Å². The predicted molar refractivity (Wildman–Crippen MR) is 89.3 cm³/mol. The molecule has 3 heteroatoms. The van der Waals surface area contributed by atoms with Crippen LogP contribution >= 0.6 is 15.9 Å². The van der Waals surface area contributed by atoms with E-state index in [2.05, 4.69) is 44.3 Å². The minimum absolute atomic E-state index is 0.708. The number of benzene rings is 1. The van der Waals surface area contributed by atoms with Crippen LogP contribution in [0.25, 0.3) is 0 Å². The van der Waals surface area contributed by atoms with E-state index in [9.17, 15) is 0 Å². The molecule has 1 aliphatic heterocycles. The third-order valence-electron chi connectivity index (χ3n) is 5.26. The van der Waals surface area contributed by atoms with Gasteiger partial charge in [0.2, 0.25) is 0 Å². The van der Waals surface area contributed by atoms with E-state index in [4.69, 9.17) is 0 Å². The van der Waals surface area contributed by atoms with E-state index in [-0.39, 0.29) is 0 Å². The second kappa shape index (κ2) is 6.07. The summed E-state index contributed by atoms with van der Waals surface area (Å²) in [7, 11) is 1.99. The van der Waals surface area contributed by atoms with Gasteiger partial charge < -0.3 is 10.2 Å². The molecule has 0 aromatic heterocycles. The van der Waals surface area contributed by atoms with Gasteiger partial charge >= 0.3 is 0 Å². The van der Waals surface area contributed by atoms with Crippen LogP contribution in [0.15, 0.2) is 22.7 Å². The molecule has 110 valence electrons. The quantitative estimate of drug-likeness (QED) is 0.883. The standard InChI is InChI=1S/C17H25BrN2/c1-19-13-14-4-5-15(12-16(14)18)20-10-8-17(9-11-20)6-2-3-7-17/h4-5,12,19H,2-3,6-11,13H2,1H3. The van der Waals surface area contributed by atoms with Gasteiger partial charge in [-0.05, 0) is 55.8 Å². The Morgan fingerprint density at radius 1 is 1.15 bits per heavy atom. The topological polar surface area (TPSA) is 15.3 Å².